The van der Waals surface area contributed by atoms with E-state index in [1.54, 1.807) is 0 Å². The predicted octanol–water partition coefficient (Wildman–Crippen LogP) is -8.81. The number of ether oxygens (including phenoxy) is 2. The van der Waals surface area contributed by atoms with Crippen LogP contribution in [0.5, 0.6) is 0 Å². The van der Waals surface area contributed by atoms with Crippen molar-refractivity contribution in [3.8, 4) is 0 Å². The van der Waals surface area contributed by atoms with E-state index in [9.17, 15) is 61.3 Å². The smallest absolute Gasteiger partial charge is 0.187 e. The summed E-state index contributed by atoms with van der Waals surface area (Å²) in [7, 11) is 0. The Morgan fingerprint density at radius 1 is 0.714 bits per heavy atom. The molecule has 35 heavy (non-hydrogen) atoms. The van der Waals surface area contributed by atoms with Gasteiger partial charge in [0.05, 0.1) is 25.9 Å². The first-order chi connectivity index (χ1) is 16.5. The fraction of sp³-hybridized carbons (Fsp3) is 0.900. The molecule has 0 aromatic rings. The summed E-state index contributed by atoms with van der Waals surface area (Å²) < 4.78 is 10.8. The van der Waals surface area contributed by atoms with Crippen LogP contribution >= 0.6 is 0 Å². The molecule has 0 radical (unpaired) electrons. The Labute approximate surface area is 199 Å². The van der Waals surface area contributed by atoms with Gasteiger partial charge in [-0.3, -0.25) is 0 Å². The molecule has 3 rings (SSSR count). The van der Waals surface area contributed by atoms with Crippen molar-refractivity contribution in [2.24, 2.45) is 5.92 Å². The molecule has 1 aliphatic heterocycles. The largest absolute Gasteiger partial charge is 0.396 e. The number of hydrogen-bond donors (Lipinski definition) is 13. The molecule has 3 aliphatic rings. The normalized spacial score (nSPS) is 51.2. The minimum Gasteiger partial charge on any atom is -0.396 e. The second-order valence-electron chi connectivity index (χ2n) is 9.29. The van der Waals surface area contributed by atoms with Crippen LogP contribution in [0.4, 0.5) is 0 Å². The van der Waals surface area contributed by atoms with Gasteiger partial charge in [0.2, 0.25) is 0 Å². The minimum atomic E-state index is -1.83. The van der Waals surface area contributed by atoms with E-state index in [1.165, 1.54) is 11.4 Å². The van der Waals surface area contributed by atoms with Crippen LogP contribution in [0.25, 0.3) is 0 Å². The molecule has 1 saturated heterocycles. The molecule has 15 atom stereocenters. The number of aliphatic hydroxyl groups is 12. The molecule has 15 nitrogen and oxygen atoms in total. The quantitative estimate of drug-likeness (QED) is 0.141. The Morgan fingerprint density at radius 2 is 1.37 bits per heavy atom. The molecule has 2 aliphatic carbocycles. The standard InChI is InChI=1S/C20H35NO14/c22-2-5-1-7(12(27)15(30)10(5)25)21-9-11(26)6(3-23)19(17(32)14(9)29)35-20-18(33)16(31)13(28)8(4-24)34-20/h1,6-33H,2-4H2/p+1/t6-,7-,8+,9-,10+,11+,12-,13+,14-,15-,16-,17+,18+,19+,20-/m0/s1. The third-order valence-corrected chi connectivity index (χ3v) is 7.17. The summed E-state index contributed by atoms with van der Waals surface area (Å²) in [6, 6.07) is -2.34. The molecule has 204 valence electrons. The summed E-state index contributed by atoms with van der Waals surface area (Å²) in [5.74, 6) is -1.28. The second kappa shape index (κ2) is 11.7. The predicted molar refractivity (Wildman–Crippen MR) is 110 cm³/mol. The summed E-state index contributed by atoms with van der Waals surface area (Å²) in [6.45, 7) is -2.14. The van der Waals surface area contributed by atoms with Gasteiger partial charge < -0.3 is 76.1 Å². The molecule has 0 aromatic carbocycles. The fourth-order valence-electron chi connectivity index (χ4n) is 4.96. The first-order valence-electron chi connectivity index (χ1n) is 11.3. The van der Waals surface area contributed by atoms with Gasteiger partial charge in [-0.05, 0) is 11.6 Å². The van der Waals surface area contributed by atoms with Crippen molar-refractivity contribution in [3.05, 3.63) is 11.6 Å². The van der Waals surface area contributed by atoms with Gasteiger partial charge in [-0.25, -0.2) is 0 Å². The fourth-order valence-corrected chi connectivity index (χ4v) is 4.96. The lowest BCUT2D eigenvalue weighted by atomic mass is 9.76. The van der Waals surface area contributed by atoms with Gasteiger partial charge in [0, 0.05) is 5.92 Å². The lowest BCUT2D eigenvalue weighted by Crippen LogP contribution is -3.03. The Bertz CT molecular complexity index is 726. The number of nitrogens with two attached hydrogens (primary N) is 1. The summed E-state index contributed by atoms with van der Waals surface area (Å²) in [5, 5.41) is 123. The minimum absolute atomic E-state index is 0.00641. The molecule has 0 spiro atoms. The topological polar surface area (TPSA) is 278 Å². The molecule has 1 saturated carbocycles. The van der Waals surface area contributed by atoms with Gasteiger partial charge in [0.1, 0.15) is 73.1 Å². The van der Waals surface area contributed by atoms with E-state index in [0.717, 1.165) is 0 Å². The van der Waals surface area contributed by atoms with Crippen molar-refractivity contribution in [2.75, 3.05) is 19.8 Å². The van der Waals surface area contributed by atoms with Gasteiger partial charge >= 0.3 is 0 Å². The highest BCUT2D eigenvalue weighted by Crippen LogP contribution is 2.32. The van der Waals surface area contributed by atoms with E-state index in [0.29, 0.717) is 0 Å². The maximum Gasteiger partial charge on any atom is 0.187 e. The Balaban J connectivity index is 1.79. The van der Waals surface area contributed by atoms with Crippen molar-refractivity contribution >= 4 is 0 Å². The van der Waals surface area contributed by atoms with Crippen LogP contribution in [-0.2, 0) is 9.47 Å². The summed E-state index contributed by atoms with van der Waals surface area (Å²) in [5.41, 5.74) is 0.00641. The zero-order valence-electron chi connectivity index (χ0n) is 18.6. The average Bonchev–Trinajstić information content (AvgIpc) is 2.85. The van der Waals surface area contributed by atoms with Gasteiger partial charge in [-0.2, -0.15) is 0 Å². The molecule has 15 heteroatoms. The Hall–Kier alpha value is -0.860. The zero-order valence-corrected chi connectivity index (χ0v) is 18.6. The molecule has 0 unspecified atom stereocenters. The van der Waals surface area contributed by atoms with E-state index in [4.69, 9.17) is 9.47 Å². The average molecular weight is 515 g/mol. The summed E-state index contributed by atoms with van der Waals surface area (Å²) in [6.07, 6.45) is -18.4. The zero-order chi connectivity index (χ0) is 26.2. The molecular formula is C20H36NO14+. The Kier molecular flexibility index (Phi) is 9.58. The molecule has 14 N–H and O–H groups in total. The van der Waals surface area contributed by atoms with Crippen molar-refractivity contribution in [3.63, 3.8) is 0 Å². The molecular weight excluding hydrogens is 478 g/mol. The maximum atomic E-state index is 10.9. The monoisotopic (exact) mass is 514 g/mol. The molecule has 1 heterocycles. The van der Waals surface area contributed by atoms with E-state index in [2.05, 4.69) is 0 Å². The summed E-state index contributed by atoms with van der Waals surface area (Å²) in [4.78, 5) is 0. The lowest BCUT2D eigenvalue weighted by molar-refractivity contribution is -0.738. The van der Waals surface area contributed by atoms with E-state index in [1.807, 2.05) is 0 Å². The number of rotatable bonds is 7. The number of quaternary nitrogens is 1. The highest BCUT2D eigenvalue weighted by molar-refractivity contribution is 5.19. The highest BCUT2D eigenvalue weighted by atomic mass is 16.7. The van der Waals surface area contributed by atoms with Crippen LogP contribution < -0.4 is 5.32 Å². The van der Waals surface area contributed by atoms with Crippen molar-refractivity contribution in [2.45, 2.75) is 85.5 Å². The number of aliphatic hydroxyl groups excluding tert-OH is 12. The van der Waals surface area contributed by atoms with Crippen LogP contribution in [0.15, 0.2) is 11.6 Å². The van der Waals surface area contributed by atoms with E-state index < -0.39 is 111 Å². The third-order valence-electron chi connectivity index (χ3n) is 7.17. The maximum absolute atomic E-state index is 10.9. The lowest BCUT2D eigenvalue weighted by Gasteiger charge is -2.48. The van der Waals surface area contributed by atoms with E-state index >= 15 is 0 Å². The van der Waals surface area contributed by atoms with E-state index in [-0.39, 0.29) is 5.57 Å². The van der Waals surface area contributed by atoms with Crippen LogP contribution in [0.2, 0.25) is 0 Å². The summed E-state index contributed by atoms with van der Waals surface area (Å²) >= 11 is 0. The first kappa shape index (κ1) is 28.7. The SMILES string of the molecule is OCC1=C[C@H]([NH2+][C@@H]2[C@H](O)[C@@H](O)[C@H](O[C@@H]3O[C@H](CO)[C@@H](O)[C@H](O)[C@H]3O)[C@@H](CO)[C@H]2O)[C@H](O)[C@@H](O)[C@@H]1O. The molecule has 0 amide bonds. The third kappa shape index (κ3) is 5.40. The van der Waals surface area contributed by atoms with Crippen LogP contribution in [0.3, 0.4) is 0 Å². The molecule has 0 aromatic heterocycles. The van der Waals surface area contributed by atoms with Gasteiger partial charge in [-0.1, -0.05) is 0 Å². The first-order valence-corrected chi connectivity index (χ1v) is 11.3. The Morgan fingerprint density at radius 3 is 1.94 bits per heavy atom. The van der Waals surface area contributed by atoms with Gasteiger partial charge in [0.15, 0.2) is 6.29 Å². The highest BCUT2D eigenvalue weighted by Gasteiger charge is 2.55. The van der Waals surface area contributed by atoms with Crippen molar-refractivity contribution in [1.82, 2.24) is 0 Å². The molecule has 2 fully saturated rings. The van der Waals surface area contributed by atoms with Crippen LogP contribution in [0, 0.1) is 5.92 Å². The van der Waals surface area contributed by atoms with Crippen LogP contribution in [0.1, 0.15) is 0 Å². The van der Waals surface area contributed by atoms with Crippen LogP contribution in [-0.4, -0.2) is 167 Å². The second-order valence-corrected chi connectivity index (χ2v) is 9.29. The van der Waals surface area contributed by atoms with Gasteiger partial charge in [0.25, 0.3) is 0 Å². The van der Waals surface area contributed by atoms with Gasteiger partial charge in [-0.15, -0.1) is 0 Å². The number of hydrogen-bond acceptors (Lipinski definition) is 14. The van der Waals surface area contributed by atoms with Crippen molar-refractivity contribution < 1.29 is 76.1 Å². The van der Waals surface area contributed by atoms with Crippen molar-refractivity contribution in [1.29, 1.82) is 0 Å². The molecule has 0 bridgehead atoms.